The standard InChI is InChI=1S/C20H21F3N2O5S/c1-31(27,28)24-15-5-2-4-14(12-15)19(26)25-10-8-16(9-11-25)29-17-6-3-7-18(13-17)30-20(21,22)23/h2-7,12-13,16,24H,8-11H2,1H3. The molecule has 1 saturated heterocycles. The monoisotopic (exact) mass is 458 g/mol. The van der Waals surface area contributed by atoms with E-state index in [1.807, 2.05) is 0 Å². The van der Waals surface area contributed by atoms with Crippen LogP contribution in [0.15, 0.2) is 48.5 Å². The Kier molecular flexibility index (Phi) is 6.63. The maximum atomic E-state index is 12.7. The van der Waals surface area contributed by atoms with Crippen LogP contribution < -0.4 is 14.2 Å². The van der Waals surface area contributed by atoms with Crippen molar-refractivity contribution in [3.8, 4) is 11.5 Å². The van der Waals surface area contributed by atoms with Gasteiger partial charge in [-0.05, 0) is 30.3 Å². The molecule has 1 heterocycles. The van der Waals surface area contributed by atoms with Crippen LogP contribution in [0, 0.1) is 0 Å². The third kappa shape index (κ3) is 7.06. The van der Waals surface area contributed by atoms with Gasteiger partial charge < -0.3 is 14.4 Å². The van der Waals surface area contributed by atoms with Crippen molar-refractivity contribution in [1.29, 1.82) is 0 Å². The predicted molar refractivity (Wildman–Crippen MR) is 108 cm³/mol. The molecule has 1 fully saturated rings. The van der Waals surface area contributed by atoms with Gasteiger partial charge in [-0.3, -0.25) is 9.52 Å². The second-order valence-corrected chi connectivity index (χ2v) is 8.84. The lowest BCUT2D eigenvalue weighted by Crippen LogP contribution is -2.41. The number of nitrogens with zero attached hydrogens (tertiary/aromatic N) is 1. The lowest BCUT2D eigenvalue weighted by Gasteiger charge is -2.32. The molecule has 11 heteroatoms. The van der Waals surface area contributed by atoms with Crippen LogP contribution in [0.2, 0.25) is 0 Å². The van der Waals surface area contributed by atoms with Crippen molar-refractivity contribution in [2.75, 3.05) is 24.1 Å². The second-order valence-electron chi connectivity index (χ2n) is 7.09. The molecule has 1 aliphatic rings. The molecule has 0 aromatic heterocycles. The lowest BCUT2D eigenvalue weighted by atomic mass is 10.1. The van der Waals surface area contributed by atoms with Crippen molar-refractivity contribution in [3.63, 3.8) is 0 Å². The molecule has 3 rings (SSSR count). The van der Waals surface area contributed by atoms with Crippen LogP contribution >= 0.6 is 0 Å². The first kappa shape index (κ1) is 22.7. The van der Waals surface area contributed by atoms with Gasteiger partial charge in [-0.1, -0.05) is 12.1 Å². The number of benzene rings is 2. The summed E-state index contributed by atoms with van der Waals surface area (Å²) in [5, 5.41) is 0. The first-order valence-electron chi connectivity index (χ1n) is 9.38. The van der Waals surface area contributed by atoms with Crippen LogP contribution in [0.5, 0.6) is 11.5 Å². The quantitative estimate of drug-likeness (QED) is 0.715. The highest BCUT2D eigenvalue weighted by Crippen LogP contribution is 2.28. The predicted octanol–water partition coefficient (Wildman–Crippen LogP) is 3.64. The Hall–Kier alpha value is -2.95. The van der Waals surface area contributed by atoms with Crippen LogP contribution in [-0.2, 0) is 10.0 Å². The summed E-state index contributed by atoms with van der Waals surface area (Å²) >= 11 is 0. The number of likely N-dealkylation sites (tertiary alicyclic amines) is 1. The molecule has 1 amide bonds. The molecule has 0 spiro atoms. The number of carbonyl (C=O) groups is 1. The Morgan fingerprint density at radius 2 is 1.71 bits per heavy atom. The summed E-state index contributed by atoms with van der Waals surface area (Å²) in [5.41, 5.74) is 0.651. The van der Waals surface area contributed by atoms with Gasteiger partial charge in [0.25, 0.3) is 5.91 Å². The average Bonchev–Trinajstić information content (AvgIpc) is 2.66. The van der Waals surface area contributed by atoms with Gasteiger partial charge in [-0.2, -0.15) is 0 Å². The number of amides is 1. The molecular weight excluding hydrogens is 437 g/mol. The summed E-state index contributed by atoms with van der Waals surface area (Å²) in [6.45, 7) is 0.790. The smallest absolute Gasteiger partial charge is 0.490 e. The lowest BCUT2D eigenvalue weighted by molar-refractivity contribution is -0.274. The Labute approximate surface area is 177 Å². The highest BCUT2D eigenvalue weighted by molar-refractivity contribution is 7.92. The zero-order valence-corrected chi connectivity index (χ0v) is 17.4. The number of halogens is 3. The maximum absolute atomic E-state index is 12.7. The summed E-state index contributed by atoms with van der Waals surface area (Å²) in [4.78, 5) is 14.4. The number of carbonyl (C=O) groups excluding carboxylic acids is 1. The summed E-state index contributed by atoms with van der Waals surface area (Å²) < 4.78 is 71.8. The molecule has 0 saturated carbocycles. The fourth-order valence-corrected chi connectivity index (χ4v) is 3.78. The summed E-state index contributed by atoms with van der Waals surface area (Å²) in [7, 11) is -3.46. The molecule has 1 aliphatic heterocycles. The van der Waals surface area contributed by atoms with E-state index in [1.165, 1.54) is 24.3 Å². The zero-order chi connectivity index (χ0) is 22.6. The summed E-state index contributed by atoms with van der Waals surface area (Å²) in [5.74, 6) is -0.345. The number of nitrogens with one attached hydrogen (secondary N) is 1. The summed E-state index contributed by atoms with van der Waals surface area (Å²) in [6, 6.07) is 11.5. The molecular formula is C20H21F3N2O5S. The van der Waals surface area contributed by atoms with Crippen LogP contribution in [0.25, 0.3) is 0 Å². The highest BCUT2D eigenvalue weighted by atomic mass is 32.2. The summed E-state index contributed by atoms with van der Waals surface area (Å²) in [6.07, 6.45) is -3.02. The van der Waals surface area contributed by atoms with Gasteiger partial charge in [-0.15, -0.1) is 13.2 Å². The van der Waals surface area contributed by atoms with Gasteiger partial charge in [-0.25, -0.2) is 8.42 Å². The minimum absolute atomic E-state index is 0.240. The number of rotatable bonds is 6. The maximum Gasteiger partial charge on any atom is 0.573 e. The number of hydrogen-bond donors (Lipinski definition) is 1. The SMILES string of the molecule is CS(=O)(=O)Nc1cccc(C(=O)N2CCC(Oc3cccc(OC(F)(F)F)c3)CC2)c1. The topological polar surface area (TPSA) is 84.9 Å². The van der Waals surface area contributed by atoms with E-state index in [0.29, 0.717) is 37.2 Å². The van der Waals surface area contributed by atoms with E-state index in [0.717, 1.165) is 6.26 Å². The number of piperidine rings is 1. The van der Waals surface area contributed by atoms with E-state index in [-0.39, 0.29) is 23.5 Å². The molecule has 0 unspecified atom stereocenters. The van der Waals surface area contributed by atoms with Crippen molar-refractivity contribution in [2.45, 2.75) is 25.3 Å². The van der Waals surface area contributed by atoms with E-state index in [2.05, 4.69) is 9.46 Å². The number of hydrogen-bond acceptors (Lipinski definition) is 5. The van der Waals surface area contributed by atoms with Crippen LogP contribution in [-0.4, -0.2) is 51.0 Å². The third-order valence-corrected chi connectivity index (χ3v) is 5.09. The molecule has 2 aromatic carbocycles. The largest absolute Gasteiger partial charge is 0.573 e. The third-order valence-electron chi connectivity index (χ3n) is 4.48. The Bertz CT molecular complexity index is 1040. The number of alkyl halides is 3. The van der Waals surface area contributed by atoms with Crippen LogP contribution in [0.1, 0.15) is 23.2 Å². The number of anilines is 1. The first-order valence-corrected chi connectivity index (χ1v) is 11.3. The molecule has 168 valence electrons. The van der Waals surface area contributed by atoms with E-state index < -0.39 is 16.4 Å². The Morgan fingerprint density at radius 1 is 1.06 bits per heavy atom. The van der Waals surface area contributed by atoms with Gasteiger partial charge >= 0.3 is 6.36 Å². The Morgan fingerprint density at radius 3 is 2.35 bits per heavy atom. The van der Waals surface area contributed by atoms with Gasteiger partial charge in [0.15, 0.2) is 0 Å². The zero-order valence-electron chi connectivity index (χ0n) is 16.6. The fourth-order valence-electron chi connectivity index (χ4n) is 3.23. The second kappa shape index (κ2) is 9.04. The molecule has 2 aromatic rings. The van der Waals surface area contributed by atoms with Crippen molar-refractivity contribution in [1.82, 2.24) is 4.90 Å². The average molecular weight is 458 g/mol. The van der Waals surface area contributed by atoms with Gasteiger partial charge in [0.1, 0.15) is 17.6 Å². The van der Waals surface area contributed by atoms with Crippen LogP contribution in [0.4, 0.5) is 18.9 Å². The van der Waals surface area contributed by atoms with E-state index in [4.69, 9.17) is 4.74 Å². The van der Waals surface area contributed by atoms with E-state index >= 15 is 0 Å². The fraction of sp³-hybridized carbons (Fsp3) is 0.350. The molecule has 31 heavy (non-hydrogen) atoms. The molecule has 0 radical (unpaired) electrons. The molecule has 1 N–H and O–H groups in total. The van der Waals surface area contributed by atoms with Gasteiger partial charge in [0.05, 0.1) is 6.26 Å². The highest BCUT2D eigenvalue weighted by Gasteiger charge is 2.31. The Balaban J connectivity index is 1.57. The van der Waals surface area contributed by atoms with Crippen molar-refractivity contribution in [2.24, 2.45) is 0 Å². The molecule has 7 nitrogen and oxygen atoms in total. The normalized spacial score (nSPS) is 15.4. The van der Waals surface area contributed by atoms with Crippen molar-refractivity contribution >= 4 is 21.6 Å². The first-order chi connectivity index (χ1) is 14.5. The minimum Gasteiger partial charge on any atom is -0.490 e. The molecule has 0 aliphatic carbocycles. The van der Waals surface area contributed by atoms with E-state index in [1.54, 1.807) is 29.2 Å². The number of ether oxygens (including phenoxy) is 2. The van der Waals surface area contributed by atoms with Crippen molar-refractivity contribution < 1.29 is 35.9 Å². The van der Waals surface area contributed by atoms with E-state index in [9.17, 15) is 26.4 Å². The van der Waals surface area contributed by atoms with Crippen molar-refractivity contribution in [3.05, 3.63) is 54.1 Å². The minimum atomic E-state index is -4.78. The van der Waals surface area contributed by atoms with Crippen LogP contribution in [0.3, 0.4) is 0 Å². The molecule has 0 bridgehead atoms. The van der Waals surface area contributed by atoms with Gasteiger partial charge in [0.2, 0.25) is 10.0 Å². The molecule has 0 atom stereocenters. The number of sulfonamides is 1. The van der Waals surface area contributed by atoms with Gasteiger partial charge in [0, 0.05) is 43.2 Å².